The Morgan fingerprint density at radius 1 is 1.35 bits per heavy atom. The molecule has 1 atom stereocenters. The average Bonchev–Trinajstić information content (AvgIpc) is 2.26. The van der Waals surface area contributed by atoms with Crippen molar-refractivity contribution in [2.75, 3.05) is 13.2 Å². The maximum Gasteiger partial charge on any atom is 0.143 e. The van der Waals surface area contributed by atoms with Crippen LogP contribution in [-0.4, -0.2) is 24.4 Å². The summed E-state index contributed by atoms with van der Waals surface area (Å²) in [5.74, 6) is 0.233. The van der Waals surface area contributed by atoms with E-state index in [4.69, 9.17) is 4.74 Å². The van der Waals surface area contributed by atoms with Gasteiger partial charge in [0, 0.05) is 19.7 Å². The molecule has 0 heterocycles. The van der Waals surface area contributed by atoms with Crippen LogP contribution < -0.4 is 5.32 Å². The second-order valence-corrected chi connectivity index (χ2v) is 5.51. The van der Waals surface area contributed by atoms with E-state index >= 15 is 0 Å². The highest BCUT2D eigenvalue weighted by Crippen LogP contribution is 2.33. The highest BCUT2D eigenvalue weighted by Gasteiger charge is 2.06. The molecule has 0 aliphatic heterocycles. The van der Waals surface area contributed by atoms with E-state index in [9.17, 15) is 5.11 Å². The lowest BCUT2D eigenvalue weighted by molar-refractivity contribution is 0.0759. The molecule has 0 fully saturated rings. The van der Waals surface area contributed by atoms with E-state index < -0.39 is 0 Å². The second kappa shape index (κ2) is 7.36. The van der Waals surface area contributed by atoms with Gasteiger partial charge in [0.15, 0.2) is 0 Å². The van der Waals surface area contributed by atoms with Gasteiger partial charge >= 0.3 is 0 Å². The third-order valence-electron chi connectivity index (χ3n) is 2.29. The Hall–Kier alpha value is -0.100. The summed E-state index contributed by atoms with van der Waals surface area (Å²) in [6.07, 6.45) is 0.212. The van der Waals surface area contributed by atoms with Gasteiger partial charge in [-0.1, -0.05) is 0 Å². The Balaban J connectivity index is 2.47. The minimum absolute atomic E-state index is 0.212. The molecule has 17 heavy (non-hydrogen) atoms. The van der Waals surface area contributed by atoms with E-state index in [1.807, 2.05) is 26.0 Å². The molecule has 1 aromatic rings. The lowest BCUT2D eigenvalue weighted by Crippen LogP contribution is -2.26. The summed E-state index contributed by atoms with van der Waals surface area (Å²) in [5, 5.41) is 12.9. The molecule has 2 N–H and O–H groups in total. The fourth-order valence-electron chi connectivity index (χ4n) is 1.48. The van der Waals surface area contributed by atoms with Crippen molar-refractivity contribution in [1.29, 1.82) is 0 Å². The smallest absolute Gasteiger partial charge is 0.143 e. The third kappa shape index (κ3) is 4.95. The van der Waals surface area contributed by atoms with Crippen LogP contribution in [0.2, 0.25) is 0 Å². The molecule has 1 rings (SSSR count). The number of ether oxygens (including phenoxy) is 1. The van der Waals surface area contributed by atoms with Gasteiger partial charge in [-0.3, -0.25) is 0 Å². The van der Waals surface area contributed by atoms with Gasteiger partial charge in [0.1, 0.15) is 5.75 Å². The summed E-state index contributed by atoms with van der Waals surface area (Å²) < 4.78 is 6.82. The Kier molecular flexibility index (Phi) is 6.48. The van der Waals surface area contributed by atoms with Crippen molar-refractivity contribution in [1.82, 2.24) is 5.32 Å². The number of hydrogen-bond donors (Lipinski definition) is 2. The van der Waals surface area contributed by atoms with Crippen LogP contribution >= 0.6 is 31.9 Å². The molecule has 0 aliphatic rings. The molecular formula is C12H17Br2NO2. The van der Waals surface area contributed by atoms with E-state index in [2.05, 4.69) is 37.2 Å². The number of phenols is 1. The zero-order valence-electron chi connectivity index (χ0n) is 9.96. The van der Waals surface area contributed by atoms with Gasteiger partial charge in [-0.05, 0) is 63.4 Å². The monoisotopic (exact) mass is 365 g/mol. The number of benzene rings is 1. The van der Waals surface area contributed by atoms with E-state index in [0.29, 0.717) is 8.95 Å². The first-order chi connectivity index (χ1) is 8.04. The van der Waals surface area contributed by atoms with Gasteiger partial charge in [0.2, 0.25) is 0 Å². The summed E-state index contributed by atoms with van der Waals surface area (Å²) in [7, 11) is 0. The normalized spacial score (nSPS) is 12.7. The predicted octanol–water partition coefficient (Wildman–Crippen LogP) is 3.43. The van der Waals surface area contributed by atoms with Crippen molar-refractivity contribution >= 4 is 31.9 Å². The highest BCUT2D eigenvalue weighted by molar-refractivity contribution is 9.11. The molecule has 1 aromatic carbocycles. The topological polar surface area (TPSA) is 41.5 Å². The molecule has 3 nitrogen and oxygen atoms in total. The van der Waals surface area contributed by atoms with Crippen molar-refractivity contribution in [2.45, 2.75) is 26.5 Å². The number of nitrogens with one attached hydrogen (secondary N) is 1. The van der Waals surface area contributed by atoms with Crippen molar-refractivity contribution in [3.05, 3.63) is 26.6 Å². The molecule has 0 spiro atoms. The first kappa shape index (κ1) is 15.0. The minimum atomic E-state index is 0.212. The Bertz CT molecular complexity index is 349. The number of aromatic hydroxyl groups is 1. The number of hydrogen-bond acceptors (Lipinski definition) is 3. The van der Waals surface area contributed by atoms with Gasteiger partial charge in [-0.15, -0.1) is 0 Å². The maximum atomic E-state index is 9.58. The maximum absolute atomic E-state index is 9.58. The number of halogens is 2. The lowest BCUT2D eigenvalue weighted by atomic mass is 10.2. The molecule has 96 valence electrons. The molecule has 0 aromatic heterocycles. The molecule has 0 bridgehead atoms. The SMILES string of the molecule is CCOC(C)CNCc1cc(Br)c(O)c(Br)c1. The van der Waals surface area contributed by atoms with Crippen LogP contribution in [0.5, 0.6) is 5.75 Å². The summed E-state index contributed by atoms with van der Waals surface area (Å²) in [6, 6.07) is 3.80. The van der Waals surface area contributed by atoms with Crippen LogP contribution in [0.15, 0.2) is 21.1 Å². The third-order valence-corrected chi connectivity index (χ3v) is 3.50. The minimum Gasteiger partial charge on any atom is -0.506 e. The van der Waals surface area contributed by atoms with Crippen LogP contribution in [0.1, 0.15) is 19.4 Å². The zero-order chi connectivity index (χ0) is 12.8. The van der Waals surface area contributed by atoms with Crippen molar-refractivity contribution in [2.24, 2.45) is 0 Å². The zero-order valence-corrected chi connectivity index (χ0v) is 13.1. The molecule has 5 heteroatoms. The molecular weight excluding hydrogens is 350 g/mol. The quantitative estimate of drug-likeness (QED) is 0.810. The summed E-state index contributed by atoms with van der Waals surface area (Å²) >= 11 is 6.62. The van der Waals surface area contributed by atoms with Gasteiger partial charge < -0.3 is 15.2 Å². The first-order valence-electron chi connectivity index (χ1n) is 5.53. The Morgan fingerprint density at radius 2 is 1.94 bits per heavy atom. The van der Waals surface area contributed by atoms with Crippen LogP contribution in [0.3, 0.4) is 0 Å². The van der Waals surface area contributed by atoms with Crippen LogP contribution in [0, 0.1) is 0 Å². The predicted molar refractivity (Wildman–Crippen MR) is 76.3 cm³/mol. The van der Waals surface area contributed by atoms with E-state index in [0.717, 1.165) is 25.3 Å². The lowest BCUT2D eigenvalue weighted by Gasteiger charge is -2.13. The summed E-state index contributed by atoms with van der Waals surface area (Å²) in [4.78, 5) is 0. The standard InChI is InChI=1S/C12H17Br2NO2/c1-3-17-8(2)6-15-7-9-4-10(13)12(16)11(14)5-9/h4-5,8,15-16H,3,6-7H2,1-2H3. The number of rotatable bonds is 6. The van der Waals surface area contributed by atoms with Crippen molar-refractivity contribution < 1.29 is 9.84 Å². The summed E-state index contributed by atoms with van der Waals surface area (Å²) in [6.45, 7) is 6.32. The highest BCUT2D eigenvalue weighted by atomic mass is 79.9. The Morgan fingerprint density at radius 3 is 2.47 bits per heavy atom. The molecule has 0 radical (unpaired) electrons. The molecule has 0 amide bonds. The first-order valence-corrected chi connectivity index (χ1v) is 7.12. The van der Waals surface area contributed by atoms with Gasteiger partial charge in [-0.25, -0.2) is 0 Å². The fourth-order valence-corrected chi connectivity index (χ4v) is 2.76. The van der Waals surface area contributed by atoms with Crippen molar-refractivity contribution in [3.8, 4) is 5.75 Å². The van der Waals surface area contributed by atoms with Gasteiger partial charge in [0.25, 0.3) is 0 Å². The number of phenolic OH excluding ortho intramolecular Hbond substituents is 1. The van der Waals surface area contributed by atoms with E-state index in [-0.39, 0.29) is 11.9 Å². The molecule has 1 unspecified atom stereocenters. The van der Waals surface area contributed by atoms with Crippen LogP contribution in [-0.2, 0) is 11.3 Å². The van der Waals surface area contributed by atoms with E-state index in [1.54, 1.807) is 0 Å². The van der Waals surface area contributed by atoms with Gasteiger partial charge in [-0.2, -0.15) is 0 Å². The fraction of sp³-hybridized carbons (Fsp3) is 0.500. The molecule has 0 aliphatic carbocycles. The molecule has 0 saturated carbocycles. The molecule has 0 saturated heterocycles. The summed E-state index contributed by atoms with van der Waals surface area (Å²) in [5.41, 5.74) is 1.10. The van der Waals surface area contributed by atoms with Crippen molar-refractivity contribution in [3.63, 3.8) is 0 Å². The van der Waals surface area contributed by atoms with Crippen LogP contribution in [0.25, 0.3) is 0 Å². The largest absolute Gasteiger partial charge is 0.506 e. The average molecular weight is 367 g/mol. The van der Waals surface area contributed by atoms with E-state index in [1.165, 1.54) is 0 Å². The second-order valence-electron chi connectivity index (χ2n) is 3.80. The van der Waals surface area contributed by atoms with Gasteiger partial charge in [0.05, 0.1) is 15.0 Å². The van der Waals surface area contributed by atoms with Crippen LogP contribution in [0.4, 0.5) is 0 Å². The Labute approximate surface area is 119 Å².